The van der Waals surface area contributed by atoms with Crippen molar-refractivity contribution < 1.29 is 24.5 Å². The molecule has 0 amide bonds. The van der Waals surface area contributed by atoms with E-state index in [4.69, 9.17) is 16.2 Å². The number of ether oxygens (including phenoxy) is 1. The molecule has 0 bridgehead atoms. The van der Waals surface area contributed by atoms with Gasteiger partial charge in [0.1, 0.15) is 23.6 Å². The maximum Gasteiger partial charge on any atom is 0.335 e. The maximum absolute atomic E-state index is 12.0. The van der Waals surface area contributed by atoms with Crippen molar-refractivity contribution >= 4 is 11.9 Å². The topological polar surface area (TPSA) is 136 Å². The van der Waals surface area contributed by atoms with Crippen LogP contribution < -0.4 is 11.5 Å². The summed E-state index contributed by atoms with van der Waals surface area (Å²) >= 11 is 0. The van der Waals surface area contributed by atoms with Crippen LogP contribution >= 0.6 is 0 Å². The highest BCUT2D eigenvalue weighted by Crippen LogP contribution is 2.24. The molecule has 1 aliphatic carbocycles. The Balaban J connectivity index is 1.94. The van der Waals surface area contributed by atoms with Gasteiger partial charge in [0.2, 0.25) is 0 Å². The summed E-state index contributed by atoms with van der Waals surface area (Å²) in [6.07, 6.45) is 7.80. The first-order valence-electron chi connectivity index (χ1n) is 7.49. The molecular weight excluding hydrogens is 312 g/mol. The standard InChI is InChI=1S/C17H20N2O5/c18-14(6-10-4-2-1-3-5-10)16(22)24-17(23)15(19)11-7-12(20)9-13(21)8-11/h1-2,5,7-9,14-15,20-21H,3-4,6,18-19H2/t14-,15?/m0/s1. The molecular formula is C17H20N2O5. The van der Waals surface area contributed by atoms with Crippen molar-refractivity contribution in [3.63, 3.8) is 0 Å². The van der Waals surface area contributed by atoms with E-state index < -0.39 is 24.0 Å². The number of benzene rings is 1. The van der Waals surface area contributed by atoms with E-state index in [0.717, 1.165) is 24.5 Å². The van der Waals surface area contributed by atoms with Crippen LogP contribution in [0.15, 0.2) is 42.0 Å². The molecule has 1 unspecified atom stereocenters. The second-order valence-electron chi connectivity index (χ2n) is 5.58. The van der Waals surface area contributed by atoms with Gasteiger partial charge in [-0.05, 0) is 37.0 Å². The van der Waals surface area contributed by atoms with Crippen molar-refractivity contribution in [2.45, 2.75) is 31.3 Å². The van der Waals surface area contributed by atoms with Gasteiger partial charge < -0.3 is 26.4 Å². The molecule has 0 heterocycles. The molecule has 2 atom stereocenters. The lowest BCUT2D eigenvalue weighted by molar-refractivity contribution is -0.161. The summed E-state index contributed by atoms with van der Waals surface area (Å²) in [6, 6.07) is 1.21. The Morgan fingerprint density at radius 1 is 1.08 bits per heavy atom. The van der Waals surface area contributed by atoms with Gasteiger partial charge in [0, 0.05) is 6.07 Å². The third-order valence-electron chi connectivity index (χ3n) is 3.61. The second-order valence-corrected chi connectivity index (χ2v) is 5.58. The van der Waals surface area contributed by atoms with Gasteiger partial charge in [-0.3, -0.25) is 0 Å². The van der Waals surface area contributed by atoms with E-state index in [1.165, 1.54) is 12.1 Å². The second kappa shape index (κ2) is 7.76. The first-order chi connectivity index (χ1) is 11.4. The molecule has 0 saturated heterocycles. The van der Waals surface area contributed by atoms with Gasteiger partial charge in [0.05, 0.1) is 0 Å². The van der Waals surface area contributed by atoms with Crippen LogP contribution in [-0.4, -0.2) is 28.2 Å². The SMILES string of the molecule is NC(C(=O)OC(=O)[C@@H](N)CC1=CCC=CC1)c1cc(O)cc(O)c1. The number of phenolic OH excluding ortho intramolecular Hbond substituents is 2. The lowest BCUT2D eigenvalue weighted by Gasteiger charge is -2.16. The highest BCUT2D eigenvalue weighted by atomic mass is 16.6. The first kappa shape index (κ1) is 17.7. The van der Waals surface area contributed by atoms with Gasteiger partial charge >= 0.3 is 11.9 Å². The molecule has 0 aromatic heterocycles. The van der Waals surface area contributed by atoms with E-state index >= 15 is 0 Å². The lowest BCUT2D eigenvalue weighted by atomic mass is 9.99. The number of nitrogens with two attached hydrogens (primary N) is 2. The summed E-state index contributed by atoms with van der Waals surface area (Å²) in [7, 11) is 0. The van der Waals surface area contributed by atoms with Crippen LogP contribution in [0.1, 0.15) is 30.9 Å². The Morgan fingerprint density at radius 3 is 2.33 bits per heavy atom. The number of phenols is 2. The van der Waals surface area contributed by atoms with E-state index in [0.29, 0.717) is 6.42 Å². The van der Waals surface area contributed by atoms with Gasteiger partial charge in [0.15, 0.2) is 0 Å². The van der Waals surface area contributed by atoms with Crippen LogP contribution in [0.25, 0.3) is 0 Å². The molecule has 0 saturated carbocycles. The van der Waals surface area contributed by atoms with Crippen molar-refractivity contribution in [2.75, 3.05) is 0 Å². The van der Waals surface area contributed by atoms with E-state index in [9.17, 15) is 19.8 Å². The zero-order chi connectivity index (χ0) is 17.7. The smallest absolute Gasteiger partial charge is 0.335 e. The molecule has 1 aromatic carbocycles. The Bertz CT molecular complexity index is 676. The summed E-state index contributed by atoms with van der Waals surface area (Å²) in [5.41, 5.74) is 12.6. The Labute approximate surface area is 139 Å². The highest BCUT2D eigenvalue weighted by Gasteiger charge is 2.25. The molecule has 2 rings (SSSR count). The minimum Gasteiger partial charge on any atom is -0.508 e. The van der Waals surface area contributed by atoms with Crippen LogP contribution in [0.4, 0.5) is 0 Å². The van der Waals surface area contributed by atoms with Crippen LogP contribution in [-0.2, 0) is 14.3 Å². The summed E-state index contributed by atoms with van der Waals surface area (Å²) < 4.78 is 4.71. The van der Waals surface area contributed by atoms with Crippen LogP contribution in [0, 0.1) is 0 Å². The van der Waals surface area contributed by atoms with Gasteiger partial charge in [-0.1, -0.05) is 23.8 Å². The summed E-state index contributed by atoms with van der Waals surface area (Å²) in [4.78, 5) is 23.9. The van der Waals surface area contributed by atoms with Crippen molar-refractivity contribution in [1.82, 2.24) is 0 Å². The molecule has 24 heavy (non-hydrogen) atoms. The summed E-state index contributed by atoms with van der Waals surface area (Å²) in [5.74, 6) is -2.38. The minimum atomic E-state index is -1.32. The molecule has 6 N–H and O–H groups in total. The number of rotatable bonds is 5. The molecule has 1 aliphatic rings. The van der Waals surface area contributed by atoms with Crippen molar-refractivity contribution in [1.29, 1.82) is 0 Å². The molecule has 0 radical (unpaired) electrons. The number of hydrogen-bond donors (Lipinski definition) is 4. The number of esters is 2. The van der Waals surface area contributed by atoms with E-state index in [-0.39, 0.29) is 17.1 Å². The van der Waals surface area contributed by atoms with Crippen LogP contribution in [0.2, 0.25) is 0 Å². The van der Waals surface area contributed by atoms with Crippen molar-refractivity contribution in [3.05, 3.63) is 47.6 Å². The number of carbonyl (C=O) groups excluding carboxylic acids is 2. The van der Waals surface area contributed by atoms with Crippen LogP contribution in [0.5, 0.6) is 11.5 Å². The number of hydrogen-bond acceptors (Lipinski definition) is 7. The fourth-order valence-electron chi connectivity index (χ4n) is 2.35. The monoisotopic (exact) mass is 332 g/mol. The van der Waals surface area contributed by atoms with Gasteiger partial charge in [-0.15, -0.1) is 0 Å². The normalized spacial score (nSPS) is 16.2. The Kier molecular flexibility index (Phi) is 5.73. The Hall–Kier alpha value is -2.64. The average Bonchev–Trinajstić information content (AvgIpc) is 2.54. The first-order valence-corrected chi connectivity index (χ1v) is 7.49. The molecule has 7 nitrogen and oxygen atoms in total. The molecule has 1 aromatic rings. The molecule has 0 spiro atoms. The maximum atomic E-state index is 12.0. The van der Waals surface area contributed by atoms with Crippen molar-refractivity contribution in [3.8, 4) is 11.5 Å². The third kappa shape index (κ3) is 4.68. The van der Waals surface area contributed by atoms with Crippen molar-refractivity contribution in [2.24, 2.45) is 11.5 Å². The molecule has 128 valence electrons. The zero-order valence-corrected chi connectivity index (χ0v) is 13.0. The molecule has 7 heteroatoms. The number of allylic oxidation sites excluding steroid dienone is 3. The summed E-state index contributed by atoms with van der Waals surface area (Å²) in [5, 5.41) is 18.8. The predicted octanol–water partition coefficient (Wildman–Crippen LogP) is 1.16. The van der Waals surface area contributed by atoms with Crippen LogP contribution in [0.3, 0.4) is 0 Å². The van der Waals surface area contributed by atoms with Gasteiger partial charge in [-0.2, -0.15) is 0 Å². The quantitative estimate of drug-likeness (QED) is 0.361. The number of carbonyl (C=O) groups is 2. The number of aromatic hydroxyl groups is 2. The molecule has 0 aliphatic heterocycles. The highest BCUT2D eigenvalue weighted by molar-refractivity contribution is 5.91. The Morgan fingerprint density at radius 2 is 1.75 bits per heavy atom. The molecule has 0 fully saturated rings. The predicted molar refractivity (Wildman–Crippen MR) is 86.8 cm³/mol. The van der Waals surface area contributed by atoms with Gasteiger partial charge in [0.25, 0.3) is 0 Å². The van der Waals surface area contributed by atoms with E-state index in [2.05, 4.69) is 0 Å². The van der Waals surface area contributed by atoms with Gasteiger partial charge in [-0.25, -0.2) is 9.59 Å². The third-order valence-corrected chi connectivity index (χ3v) is 3.61. The average molecular weight is 332 g/mol. The van der Waals surface area contributed by atoms with E-state index in [1.807, 2.05) is 18.2 Å². The minimum absolute atomic E-state index is 0.124. The largest absolute Gasteiger partial charge is 0.508 e. The zero-order valence-electron chi connectivity index (χ0n) is 13.0. The summed E-state index contributed by atoms with van der Waals surface area (Å²) in [6.45, 7) is 0. The fraction of sp³-hybridized carbons (Fsp3) is 0.294. The fourth-order valence-corrected chi connectivity index (χ4v) is 2.35. The van der Waals surface area contributed by atoms with E-state index in [1.54, 1.807) is 0 Å². The lowest BCUT2D eigenvalue weighted by Crippen LogP contribution is -2.36.